The van der Waals surface area contributed by atoms with E-state index < -0.39 is 6.04 Å². The number of nitrogens with zero attached hydrogens (tertiary/aromatic N) is 1. The van der Waals surface area contributed by atoms with Crippen molar-refractivity contribution in [1.82, 2.24) is 10.2 Å². The number of hydrogen-bond acceptors (Lipinski definition) is 3. The molecule has 2 aromatic rings. The fourth-order valence-corrected chi connectivity index (χ4v) is 4.36. The SMILES string of the molecule is CC[C@@H](C(=O)NC1CCCC1)N(Cc1ccc(OC)cc1)C(=O)CCc1ccc(C)cc1. The predicted octanol–water partition coefficient (Wildman–Crippen LogP) is 4.80. The Balaban J connectivity index is 1.74. The minimum Gasteiger partial charge on any atom is -0.497 e. The molecule has 0 aliphatic heterocycles. The topological polar surface area (TPSA) is 58.6 Å². The summed E-state index contributed by atoms with van der Waals surface area (Å²) in [5, 5.41) is 3.20. The van der Waals surface area contributed by atoms with Gasteiger partial charge >= 0.3 is 0 Å². The maximum Gasteiger partial charge on any atom is 0.243 e. The molecule has 1 N–H and O–H groups in total. The van der Waals surface area contributed by atoms with Crippen LogP contribution in [0.2, 0.25) is 0 Å². The molecule has 0 bridgehead atoms. The lowest BCUT2D eigenvalue weighted by Crippen LogP contribution is -2.51. The van der Waals surface area contributed by atoms with Crippen LogP contribution in [0, 0.1) is 6.92 Å². The van der Waals surface area contributed by atoms with E-state index in [0.29, 0.717) is 25.8 Å². The number of hydrogen-bond donors (Lipinski definition) is 1. The lowest BCUT2D eigenvalue weighted by Gasteiger charge is -2.31. The summed E-state index contributed by atoms with van der Waals surface area (Å²) in [5.41, 5.74) is 3.33. The van der Waals surface area contributed by atoms with Crippen LogP contribution in [-0.4, -0.2) is 35.9 Å². The maximum absolute atomic E-state index is 13.4. The summed E-state index contributed by atoms with van der Waals surface area (Å²) in [4.78, 5) is 28.3. The van der Waals surface area contributed by atoms with Gasteiger partial charge in [-0.1, -0.05) is 61.7 Å². The largest absolute Gasteiger partial charge is 0.497 e. The van der Waals surface area contributed by atoms with Gasteiger partial charge in [0.1, 0.15) is 11.8 Å². The van der Waals surface area contributed by atoms with Crippen molar-refractivity contribution in [2.24, 2.45) is 0 Å². The molecule has 172 valence electrons. The van der Waals surface area contributed by atoms with Crippen molar-refractivity contribution in [3.8, 4) is 5.75 Å². The first-order valence-corrected chi connectivity index (χ1v) is 11.8. The third-order valence-electron chi connectivity index (χ3n) is 6.35. The molecule has 0 spiro atoms. The molecule has 32 heavy (non-hydrogen) atoms. The second-order valence-corrected chi connectivity index (χ2v) is 8.77. The molecule has 3 rings (SSSR count). The molecule has 1 atom stereocenters. The molecule has 1 fully saturated rings. The van der Waals surface area contributed by atoms with Crippen LogP contribution < -0.4 is 10.1 Å². The Morgan fingerprint density at radius 1 is 1.03 bits per heavy atom. The van der Waals surface area contributed by atoms with Gasteiger partial charge in [0, 0.05) is 19.0 Å². The first-order chi connectivity index (χ1) is 15.5. The summed E-state index contributed by atoms with van der Waals surface area (Å²) in [6.45, 7) is 4.45. The van der Waals surface area contributed by atoms with Crippen LogP contribution in [0.3, 0.4) is 0 Å². The van der Waals surface area contributed by atoms with Gasteiger partial charge in [-0.05, 0) is 55.9 Å². The zero-order valence-electron chi connectivity index (χ0n) is 19.6. The number of benzene rings is 2. The molecule has 0 unspecified atom stereocenters. The quantitative estimate of drug-likeness (QED) is 0.582. The number of methoxy groups -OCH3 is 1. The smallest absolute Gasteiger partial charge is 0.243 e. The summed E-state index contributed by atoms with van der Waals surface area (Å²) in [7, 11) is 1.64. The van der Waals surface area contributed by atoms with E-state index in [9.17, 15) is 9.59 Å². The zero-order chi connectivity index (χ0) is 22.9. The van der Waals surface area contributed by atoms with Gasteiger partial charge in [0.05, 0.1) is 7.11 Å². The molecule has 0 heterocycles. The van der Waals surface area contributed by atoms with Crippen molar-refractivity contribution in [3.05, 3.63) is 65.2 Å². The first-order valence-electron chi connectivity index (χ1n) is 11.8. The van der Waals surface area contributed by atoms with Crippen molar-refractivity contribution in [2.75, 3.05) is 7.11 Å². The van der Waals surface area contributed by atoms with Gasteiger partial charge in [0.15, 0.2) is 0 Å². The third-order valence-corrected chi connectivity index (χ3v) is 6.35. The highest BCUT2D eigenvalue weighted by atomic mass is 16.5. The number of amides is 2. The summed E-state index contributed by atoms with van der Waals surface area (Å²) < 4.78 is 5.25. The molecule has 0 saturated heterocycles. The van der Waals surface area contributed by atoms with Gasteiger partial charge in [-0.25, -0.2) is 0 Å². The summed E-state index contributed by atoms with van der Waals surface area (Å²) in [6.07, 6.45) is 6.01. The number of carbonyl (C=O) groups excluding carboxylic acids is 2. The van der Waals surface area contributed by atoms with E-state index in [0.717, 1.165) is 42.6 Å². The van der Waals surface area contributed by atoms with Crippen molar-refractivity contribution >= 4 is 11.8 Å². The average Bonchev–Trinajstić information content (AvgIpc) is 3.31. The fraction of sp³-hybridized carbons (Fsp3) is 0.481. The number of aryl methyl sites for hydroxylation is 2. The van der Waals surface area contributed by atoms with E-state index in [-0.39, 0.29) is 17.9 Å². The Hall–Kier alpha value is -2.82. The van der Waals surface area contributed by atoms with Crippen LogP contribution in [0.15, 0.2) is 48.5 Å². The first kappa shape index (κ1) is 23.8. The predicted molar refractivity (Wildman–Crippen MR) is 128 cm³/mol. The van der Waals surface area contributed by atoms with Gasteiger partial charge in [0.2, 0.25) is 11.8 Å². The van der Waals surface area contributed by atoms with Crippen LogP contribution in [0.4, 0.5) is 0 Å². The molecule has 1 aliphatic carbocycles. The Kier molecular flexibility index (Phi) is 8.72. The Labute approximate surface area is 192 Å². The monoisotopic (exact) mass is 436 g/mol. The zero-order valence-corrected chi connectivity index (χ0v) is 19.6. The highest BCUT2D eigenvalue weighted by Gasteiger charge is 2.30. The van der Waals surface area contributed by atoms with E-state index in [1.165, 1.54) is 5.56 Å². The Bertz CT molecular complexity index is 871. The second-order valence-electron chi connectivity index (χ2n) is 8.77. The maximum atomic E-state index is 13.4. The molecule has 5 nitrogen and oxygen atoms in total. The van der Waals surface area contributed by atoms with Crippen LogP contribution in [0.1, 0.15) is 62.1 Å². The lowest BCUT2D eigenvalue weighted by atomic mass is 10.0. The van der Waals surface area contributed by atoms with Gasteiger partial charge in [-0.15, -0.1) is 0 Å². The second kappa shape index (κ2) is 11.7. The van der Waals surface area contributed by atoms with Gasteiger partial charge in [-0.2, -0.15) is 0 Å². The number of nitrogens with one attached hydrogen (secondary N) is 1. The molecule has 2 amide bonds. The summed E-state index contributed by atoms with van der Waals surface area (Å²) in [5.74, 6) is 0.753. The number of rotatable bonds is 10. The summed E-state index contributed by atoms with van der Waals surface area (Å²) in [6, 6.07) is 15.7. The van der Waals surface area contributed by atoms with Crippen LogP contribution in [0.25, 0.3) is 0 Å². The van der Waals surface area contributed by atoms with E-state index >= 15 is 0 Å². The normalized spacial score (nSPS) is 14.7. The molecular formula is C27H36N2O3. The number of carbonyl (C=O) groups is 2. The highest BCUT2D eigenvalue weighted by molar-refractivity contribution is 5.88. The number of ether oxygens (including phenoxy) is 1. The van der Waals surface area contributed by atoms with E-state index in [1.807, 2.05) is 31.2 Å². The van der Waals surface area contributed by atoms with Crippen molar-refractivity contribution in [2.45, 2.75) is 77.4 Å². The van der Waals surface area contributed by atoms with E-state index in [1.54, 1.807) is 12.0 Å². The van der Waals surface area contributed by atoms with Crippen molar-refractivity contribution in [1.29, 1.82) is 0 Å². The van der Waals surface area contributed by atoms with Crippen LogP contribution in [-0.2, 0) is 22.6 Å². The molecular weight excluding hydrogens is 400 g/mol. The average molecular weight is 437 g/mol. The lowest BCUT2D eigenvalue weighted by molar-refractivity contribution is -0.141. The Morgan fingerprint density at radius 3 is 2.25 bits per heavy atom. The standard InChI is InChI=1S/C27H36N2O3/c1-4-25(27(31)28-23-7-5-6-8-23)29(19-22-13-16-24(32-3)17-14-22)26(30)18-15-21-11-9-20(2)10-12-21/h9-14,16-17,23,25H,4-8,15,18-19H2,1-3H3,(H,28,31)/t25-/m0/s1. The molecule has 1 aliphatic rings. The van der Waals surface area contributed by atoms with Crippen LogP contribution >= 0.6 is 0 Å². The summed E-state index contributed by atoms with van der Waals surface area (Å²) >= 11 is 0. The Morgan fingerprint density at radius 2 is 1.66 bits per heavy atom. The third kappa shape index (κ3) is 6.59. The minimum atomic E-state index is -0.469. The van der Waals surface area contributed by atoms with E-state index in [4.69, 9.17) is 4.74 Å². The van der Waals surface area contributed by atoms with Gasteiger partial charge in [0.25, 0.3) is 0 Å². The van der Waals surface area contributed by atoms with Crippen LogP contribution in [0.5, 0.6) is 5.75 Å². The fourth-order valence-electron chi connectivity index (χ4n) is 4.36. The molecule has 5 heteroatoms. The van der Waals surface area contributed by atoms with Gasteiger partial charge in [-0.3, -0.25) is 9.59 Å². The molecule has 1 saturated carbocycles. The van der Waals surface area contributed by atoms with Crippen molar-refractivity contribution in [3.63, 3.8) is 0 Å². The minimum absolute atomic E-state index is 0.00909. The highest BCUT2D eigenvalue weighted by Crippen LogP contribution is 2.21. The van der Waals surface area contributed by atoms with Gasteiger partial charge < -0.3 is 15.0 Å². The van der Waals surface area contributed by atoms with Crippen molar-refractivity contribution < 1.29 is 14.3 Å². The molecule has 0 radical (unpaired) electrons. The molecule has 0 aromatic heterocycles. The molecule has 2 aromatic carbocycles. The van der Waals surface area contributed by atoms with E-state index in [2.05, 4.69) is 36.5 Å².